The Kier molecular flexibility index (Phi) is 6.94. The van der Waals surface area contributed by atoms with Gasteiger partial charge in [0.2, 0.25) is 0 Å². The Morgan fingerprint density at radius 3 is 2.43 bits per heavy atom. The van der Waals surface area contributed by atoms with E-state index >= 15 is 0 Å². The minimum atomic E-state index is -1.42. The summed E-state index contributed by atoms with van der Waals surface area (Å²) < 4.78 is 5.65. The maximum absolute atomic E-state index is 10.4. The van der Waals surface area contributed by atoms with Crippen LogP contribution >= 0.6 is 11.8 Å². The van der Waals surface area contributed by atoms with E-state index in [4.69, 9.17) is 4.74 Å². The molecule has 0 saturated carbocycles. The number of nitrogens with zero attached hydrogens (tertiary/aromatic N) is 1. The van der Waals surface area contributed by atoms with Crippen molar-refractivity contribution in [2.24, 2.45) is 11.8 Å². The average Bonchev–Trinajstić information content (AvgIpc) is 2.73. The van der Waals surface area contributed by atoms with Gasteiger partial charge in [0.05, 0.1) is 18.6 Å². The molecule has 0 aromatic heterocycles. The molecular formula is C21H25NO5S. The van der Waals surface area contributed by atoms with E-state index in [1.807, 2.05) is 36.6 Å². The van der Waals surface area contributed by atoms with Crippen molar-refractivity contribution in [3.63, 3.8) is 0 Å². The Morgan fingerprint density at radius 2 is 1.82 bits per heavy atom. The monoisotopic (exact) mass is 403 g/mol. The quantitative estimate of drug-likeness (QED) is 0.543. The molecule has 7 heteroatoms. The Labute approximate surface area is 168 Å². The third kappa shape index (κ3) is 4.33. The molecule has 0 radical (unpaired) electrons. The summed E-state index contributed by atoms with van der Waals surface area (Å²) in [6.45, 7) is -0.468. The number of benzene rings is 1. The average molecular weight is 404 g/mol. The lowest BCUT2D eigenvalue weighted by molar-refractivity contribution is -0.218. The smallest absolute Gasteiger partial charge is 0.113 e. The highest BCUT2D eigenvalue weighted by Crippen LogP contribution is 2.33. The molecule has 2 aliphatic rings. The van der Waals surface area contributed by atoms with Crippen LogP contribution in [0.3, 0.4) is 0 Å². The summed E-state index contributed by atoms with van der Waals surface area (Å²) in [6.07, 6.45) is 2.08. The van der Waals surface area contributed by atoms with E-state index in [0.717, 1.165) is 5.56 Å². The van der Waals surface area contributed by atoms with Gasteiger partial charge in [-0.25, -0.2) is 0 Å². The third-order valence-electron chi connectivity index (χ3n) is 5.36. The van der Waals surface area contributed by atoms with Crippen LogP contribution in [0, 0.1) is 23.2 Å². The van der Waals surface area contributed by atoms with Gasteiger partial charge >= 0.3 is 0 Å². The molecule has 28 heavy (non-hydrogen) atoms. The predicted molar refractivity (Wildman–Crippen MR) is 106 cm³/mol. The maximum atomic E-state index is 10.4. The lowest BCUT2D eigenvalue weighted by atomic mass is 9.79. The van der Waals surface area contributed by atoms with Crippen LogP contribution in [0.15, 0.2) is 53.0 Å². The van der Waals surface area contributed by atoms with Crippen LogP contribution in [-0.4, -0.2) is 63.8 Å². The van der Waals surface area contributed by atoms with Gasteiger partial charge < -0.3 is 25.2 Å². The summed E-state index contributed by atoms with van der Waals surface area (Å²) >= 11 is 1.67. The molecule has 6 nitrogen and oxygen atoms in total. The fraction of sp³-hybridized carbons (Fsp3) is 0.476. The van der Waals surface area contributed by atoms with Crippen LogP contribution in [0.5, 0.6) is 0 Å². The Morgan fingerprint density at radius 1 is 1.11 bits per heavy atom. The summed E-state index contributed by atoms with van der Waals surface area (Å²) in [7, 11) is 0. The third-order valence-corrected chi connectivity index (χ3v) is 6.11. The van der Waals surface area contributed by atoms with Gasteiger partial charge in [-0.15, -0.1) is 11.8 Å². The number of hydrogen-bond donors (Lipinski definition) is 4. The predicted octanol–water partition coefficient (Wildman–Crippen LogP) is 1.05. The zero-order chi connectivity index (χ0) is 20.3. The molecule has 1 aliphatic carbocycles. The first-order valence-electron chi connectivity index (χ1n) is 9.21. The molecule has 0 bridgehead atoms. The minimum Gasteiger partial charge on any atom is -0.394 e. The first kappa shape index (κ1) is 21.1. The standard InChI is InChI=1S/C21H25NO5S/c1-28-16-6-2-12(3-7-16)8-15-9-13(4-5-14(15)10-22)21-20(26)19(25)18(24)17(11-23)27-21/h2-7,9,14-15,17-21,23-26H,8,11H2,1H3/t14?,15?,17?,18-,19-,20-,21+/m1/s1. The van der Waals surface area contributed by atoms with E-state index in [0.29, 0.717) is 12.0 Å². The molecule has 4 N–H and O–H groups in total. The van der Waals surface area contributed by atoms with Crippen LogP contribution in [0.1, 0.15) is 5.56 Å². The molecule has 1 aromatic rings. The molecule has 3 rings (SSSR count). The van der Waals surface area contributed by atoms with E-state index < -0.39 is 37.1 Å². The lowest BCUT2D eigenvalue weighted by Gasteiger charge is -2.41. The molecule has 1 aromatic carbocycles. The van der Waals surface area contributed by atoms with Crippen molar-refractivity contribution in [2.45, 2.75) is 41.8 Å². The Bertz CT molecular complexity index is 770. The van der Waals surface area contributed by atoms with Crippen LogP contribution < -0.4 is 0 Å². The second kappa shape index (κ2) is 9.23. The zero-order valence-corrected chi connectivity index (χ0v) is 16.4. The summed E-state index contributed by atoms with van der Waals surface area (Å²) in [6, 6.07) is 10.5. The molecule has 1 heterocycles. The van der Waals surface area contributed by atoms with E-state index in [2.05, 4.69) is 6.07 Å². The normalized spacial score (nSPS) is 35.3. The number of rotatable bonds is 5. The fourth-order valence-corrected chi connectivity index (χ4v) is 4.10. The first-order valence-corrected chi connectivity index (χ1v) is 10.4. The van der Waals surface area contributed by atoms with Crippen molar-refractivity contribution < 1.29 is 25.2 Å². The van der Waals surface area contributed by atoms with E-state index in [1.54, 1.807) is 23.9 Å². The molecule has 0 spiro atoms. The highest BCUT2D eigenvalue weighted by Gasteiger charge is 2.44. The minimum absolute atomic E-state index is 0.113. The number of nitriles is 1. The highest BCUT2D eigenvalue weighted by atomic mass is 32.2. The van der Waals surface area contributed by atoms with E-state index in [1.165, 1.54) is 4.90 Å². The van der Waals surface area contributed by atoms with Gasteiger partial charge in [-0.2, -0.15) is 5.26 Å². The van der Waals surface area contributed by atoms with Crippen LogP contribution in [0.2, 0.25) is 0 Å². The zero-order valence-electron chi connectivity index (χ0n) is 15.5. The number of ether oxygens (including phenoxy) is 1. The number of aliphatic hydroxyl groups is 4. The molecule has 150 valence electrons. The first-order chi connectivity index (χ1) is 13.5. The van der Waals surface area contributed by atoms with Gasteiger partial charge in [0, 0.05) is 10.8 Å². The second-order valence-electron chi connectivity index (χ2n) is 7.15. The Balaban J connectivity index is 1.82. The van der Waals surface area contributed by atoms with Gasteiger partial charge in [-0.3, -0.25) is 0 Å². The Hall–Kier alpha value is -1.66. The van der Waals surface area contributed by atoms with Crippen molar-refractivity contribution in [2.75, 3.05) is 12.9 Å². The maximum Gasteiger partial charge on any atom is 0.113 e. The van der Waals surface area contributed by atoms with Gasteiger partial charge in [-0.05, 0) is 35.9 Å². The highest BCUT2D eigenvalue weighted by molar-refractivity contribution is 7.98. The lowest BCUT2D eigenvalue weighted by Crippen LogP contribution is -2.58. The summed E-state index contributed by atoms with van der Waals surface area (Å²) in [5.41, 5.74) is 1.73. The van der Waals surface area contributed by atoms with Crippen molar-refractivity contribution in [1.82, 2.24) is 0 Å². The topological polar surface area (TPSA) is 114 Å². The van der Waals surface area contributed by atoms with Crippen LogP contribution in [0.4, 0.5) is 0 Å². The summed E-state index contributed by atoms with van der Waals surface area (Å²) in [5, 5.41) is 49.3. The molecule has 1 aliphatic heterocycles. The largest absolute Gasteiger partial charge is 0.394 e. The molecule has 1 saturated heterocycles. The van der Waals surface area contributed by atoms with Crippen LogP contribution in [-0.2, 0) is 11.2 Å². The van der Waals surface area contributed by atoms with Gasteiger partial charge in [-0.1, -0.05) is 30.4 Å². The molecule has 0 amide bonds. The van der Waals surface area contributed by atoms with Crippen molar-refractivity contribution in [3.8, 4) is 6.07 Å². The van der Waals surface area contributed by atoms with Gasteiger partial charge in [0.1, 0.15) is 30.5 Å². The van der Waals surface area contributed by atoms with Crippen molar-refractivity contribution >= 4 is 11.8 Å². The fourth-order valence-electron chi connectivity index (χ4n) is 3.69. The molecule has 3 unspecified atom stereocenters. The number of allylic oxidation sites excluding steroid dienone is 2. The molecule has 7 atom stereocenters. The SMILES string of the molecule is CSc1ccc(CC2C=C([C@@H]3OC(CO)[C@@H](O)[C@@H](O)[C@H]3O)C=CC2C#N)cc1. The van der Waals surface area contributed by atoms with Gasteiger partial charge in [0.25, 0.3) is 0 Å². The molecular weight excluding hydrogens is 378 g/mol. The molecule has 1 fully saturated rings. The second-order valence-corrected chi connectivity index (χ2v) is 8.03. The number of thioether (sulfide) groups is 1. The van der Waals surface area contributed by atoms with Crippen LogP contribution in [0.25, 0.3) is 0 Å². The number of aliphatic hydroxyl groups excluding tert-OH is 4. The summed E-state index contributed by atoms with van der Waals surface area (Å²) in [4.78, 5) is 1.17. The van der Waals surface area contributed by atoms with E-state index in [9.17, 15) is 25.7 Å². The van der Waals surface area contributed by atoms with E-state index in [-0.39, 0.29) is 11.8 Å². The summed E-state index contributed by atoms with van der Waals surface area (Å²) in [5.74, 6) is -0.425. The van der Waals surface area contributed by atoms with Crippen molar-refractivity contribution in [3.05, 3.63) is 53.6 Å². The number of hydrogen-bond acceptors (Lipinski definition) is 7. The van der Waals surface area contributed by atoms with Gasteiger partial charge in [0.15, 0.2) is 0 Å². The van der Waals surface area contributed by atoms with Crippen molar-refractivity contribution in [1.29, 1.82) is 5.26 Å².